The van der Waals surface area contributed by atoms with Gasteiger partial charge in [-0.25, -0.2) is 0 Å². The summed E-state index contributed by atoms with van der Waals surface area (Å²) in [7, 11) is 0. The van der Waals surface area contributed by atoms with Gasteiger partial charge in [-0.1, -0.05) is 19.1 Å². The van der Waals surface area contributed by atoms with Crippen LogP contribution in [0.3, 0.4) is 0 Å². The van der Waals surface area contributed by atoms with Gasteiger partial charge >= 0.3 is 0 Å². The number of hydrogen-bond acceptors (Lipinski definition) is 4. The van der Waals surface area contributed by atoms with Crippen LogP contribution in [0.4, 0.5) is 0 Å². The molecule has 0 fully saturated rings. The summed E-state index contributed by atoms with van der Waals surface area (Å²) in [5.41, 5.74) is 8.91. The van der Waals surface area contributed by atoms with Crippen molar-refractivity contribution in [3.8, 4) is 5.75 Å². The van der Waals surface area contributed by atoms with Gasteiger partial charge in [0.25, 0.3) is 0 Å². The smallest absolute Gasteiger partial charge is 0.124 e. The van der Waals surface area contributed by atoms with E-state index in [1.165, 1.54) is 0 Å². The lowest BCUT2D eigenvalue weighted by molar-refractivity contribution is 0.309. The molecule has 1 atom stereocenters. The van der Waals surface area contributed by atoms with Gasteiger partial charge in [-0.05, 0) is 24.1 Å². The van der Waals surface area contributed by atoms with Crippen LogP contribution in [-0.4, -0.2) is 4.98 Å². The van der Waals surface area contributed by atoms with Crippen LogP contribution in [0.15, 0.2) is 36.0 Å². The molecule has 0 aliphatic heterocycles. The molecule has 0 saturated carbocycles. The largest absolute Gasteiger partial charge is 0.488 e. The lowest BCUT2D eigenvalue weighted by Gasteiger charge is -2.10. The summed E-state index contributed by atoms with van der Waals surface area (Å²) < 4.78 is 5.65. The monoisotopic (exact) mass is 248 g/mol. The maximum absolute atomic E-state index is 5.95. The van der Waals surface area contributed by atoms with Crippen molar-refractivity contribution in [2.45, 2.75) is 26.0 Å². The van der Waals surface area contributed by atoms with Crippen molar-refractivity contribution in [1.82, 2.24) is 4.98 Å². The summed E-state index contributed by atoms with van der Waals surface area (Å²) in [5, 5.41) is 0. The van der Waals surface area contributed by atoms with Gasteiger partial charge < -0.3 is 10.5 Å². The molecule has 90 valence electrons. The molecule has 2 aromatic rings. The number of nitrogens with two attached hydrogens (primary N) is 1. The molecule has 1 aromatic carbocycles. The first-order valence-corrected chi connectivity index (χ1v) is 6.53. The molecule has 3 nitrogen and oxygen atoms in total. The molecule has 1 aromatic heterocycles. The first-order valence-electron chi connectivity index (χ1n) is 5.65. The molecule has 0 aliphatic carbocycles. The number of aromatic nitrogens is 1. The van der Waals surface area contributed by atoms with Crippen molar-refractivity contribution in [3.05, 3.63) is 46.4 Å². The molecule has 1 heterocycles. The second kappa shape index (κ2) is 5.80. The summed E-state index contributed by atoms with van der Waals surface area (Å²) >= 11 is 1.60. The molecule has 0 spiro atoms. The summed E-state index contributed by atoms with van der Waals surface area (Å²) in [6, 6.07) is 8.09. The molecule has 0 radical (unpaired) electrons. The number of thiazole rings is 1. The fourth-order valence-electron chi connectivity index (χ4n) is 1.51. The molecule has 4 heteroatoms. The molecule has 2 N–H and O–H groups in total. The first kappa shape index (κ1) is 12.1. The Balaban J connectivity index is 1.94. The van der Waals surface area contributed by atoms with Gasteiger partial charge in [0.15, 0.2) is 0 Å². The summed E-state index contributed by atoms with van der Waals surface area (Å²) in [6.07, 6.45) is 2.77. The zero-order valence-electron chi connectivity index (χ0n) is 9.80. The average Bonchev–Trinajstić information content (AvgIpc) is 2.89. The SMILES string of the molecule is CC[C@@H](N)c1ccc(OCc2cncs2)cc1. The minimum Gasteiger partial charge on any atom is -0.488 e. The standard InChI is InChI=1S/C13H16N2OS/c1-2-13(14)10-3-5-11(6-4-10)16-8-12-7-15-9-17-12/h3-7,9,13H,2,8,14H2,1H3/t13-/m1/s1. The third-order valence-corrected chi connectivity index (χ3v) is 3.37. The third kappa shape index (κ3) is 3.28. The Hall–Kier alpha value is -1.39. The molecule has 0 aliphatic rings. The maximum Gasteiger partial charge on any atom is 0.124 e. The van der Waals surface area contributed by atoms with Crippen LogP contribution < -0.4 is 10.5 Å². The predicted molar refractivity (Wildman–Crippen MR) is 70.1 cm³/mol. The van der Waals surface area contributed by atoms with Crippen LogP contribution in [0.2, 0.25) is 0 Å². The number of nitrogens with zero attached hydrogens (tertiary/aromatic N) is 1. The molecule has 0 unspecified atom stereocenters. The van der Waals surface area contributed by atoms with Crippen molar-refractivity contribution < 1.29 is 4.74 Å². The number of benzene rings is 1. The van der Waals surface area contributed by atoms with E-state index in [-0.39, 0.29) is 6.04 Å². The van der Waals surface area contributed by atoms with E-state index in [9.17, 15) is 0 Å². The number of ether oxygens (including phenoxy) is 1. The van der Waals surface area contributed by atoms with Gasteiger partial charge in [0, 0.05) is 12.2 Å². The van der Waals surface area contributed by atoms with Crippen molar-refractivity contribution in [3.63, 3.8) is 0 Å². The summed E-state index contributed by atoms with van der Waals surface area (Å²) in [6.45, 7) is 2.66. The number of hydrogen-bond donors (Lipinski definition) is 1. The van der Waals surface area contributed by atoms with Crippen molar-refractivity contribution >= 4 is 11.3 Å². The molecular weight excluding hydrogens is 232 g/mol. The van der Waals surface area contributed by atoms with E-state index < -0.39 is 0 Å². The summed E-state index contributed by atoms with van der Waals surface area (Å²) in [5.74, 6) is 0.866. The van der Waals surface area contributed by atoms with E-state index in [0.717, 1.165) is 22.6 Å². The van der Waals surface area contributed by atoms with Gasteiger partial charge in [-0.2, -0.15) is 0 Å². The molecule has 17 heavy (non-hydrogen) atoms. The van der Waals surface area contributed by atoms with Gasteiger partial charge in [-0.15, -0.1) is 11.3 Å². The van der Waals surface area contributed by atoms with Crippen LogP contribution in [-0.2, 0) is 6.61 Å². The normalized spacial score (nSPS) is 12.4. The first-order chi connectivity index (χ1) is 8.29. The molecule has 0 amide bonds. The topological polar surface area (TPSA) is 48.1 Å². The minimum absolute atomic E-state index is 0.116. The van der Waals surface area contributed by atoms with E-state index in [0.29, 0.717) is 6.61 Å². The zero-order chi connectivity index (χ0) is 12.1. The van der Waals surface area contributed by atoms with Crippen LogP contribution in [0.5, 0.6) is 5.75 Å². The van der Waals surface area contributed by atoms with Gasteiger partial charge in [0.2, 0.25) is 0 Å². The van der Waals surface area contributed by atoms with Gasteiger partial charge in [0.1, 0.15) is 12.4 Å². The van der Waals surface area contributed by atoms with E-state index in [2.05, 4.69) is 11.9 Å². The van der Waals surface area contributed by atoms with Gasteiger partial charge in [-0.3, -0.25) is 4.98 Å². The van der Waals surface area contributed by atoms with E-state index >= 15 is 0 Å². The zero-order valence-corrected chi connectivity index (χ0v) is 10.6. The Bertz CT molecular complexity index is 439. The minimum atomic E-state index is 0.116. The maximum atomic E-state index is 5.95. The van der Waals surface area contributed by atoms with Gasteiger partial charge in [0.05, 0.1) is 10.4 Å². The van der Waals surface area contributed by atoms with Crippen molar-refractivity contribution in [2.75, 3.05) is 0 Å². The van der Waals surface area contributed by atoms with Crippen LogP contribution in [0, 0.1) is 0 Å². The quantitative estimate of drug-likeness (QED) is 0.884. The van der Waals surface area contributed by atoms with Crippen LogP contribution in [0.1, 0.15) is 29.8 Å². The number of rotatable bonds is 5. The Kier molecular flexibility index (Phi) is 4.12. The highest BCUT2D eigenvalue weighted by atomic mass is 32.1. The second-order valence-electron chi connectivity index (χ2n) is 3.84. The Morgan fingerprint density at radius 1 is 1.35 bits per heavy atom. The molecule has 2 rings (SSSR count). The Labute approximate surface area is 105 Å². The molecule has 0 saturated heterocycles. The summed E-state index contributed by atoms with van der Waals surface area (Å²) in [4.78, 5) is 5.13. The highest BCUT2D eigenvalue weighted by Crippen LogP contribution is 2.19. The van der Waals surface area contributed by atoms with E-state index in [4.69, 9.17) is 10.5 Å². The lowest BCUT2D eigenvalue weighted by atomic mass is 10.1. The fourth-order valence-corrected chi connectivity index (χ4v) is 2.02. The Morgan fingerprint density at radius 3 is 2.71 bits per heavy atom. The van der Waals surface area contributed by atoms with E-state index in [1.54, 1.807) is 11.3 Å². The van der Waals surface area contributed by atoms with Crippen LogP contribution >= 0.6 is 11.3 Å². The second-order valence-corrected chi connectivity index (χ2v) is 4.81. The highest BCUT2D eigenvalue weighted by Gasteiger charge is 2.03. The molecule has 0 bridgehead atoms. The fraction of sp³-hybridized carbons (Fsp3) is 0.308. The predicted octanol–water partition coefficient (Wildman–Crippen LogP) is 3.13. The van der Waals surface area contributed by atoms with Crippen LogP contribution in [0.25, 0.3) is 0 Å². The van der Waals surface area contributed by atoms with Crippen molar-refractivity contribution in [1.29, 1.82) is 0 Å². The Morgan fingerprint density at radius 2 is 2.12 bits per heavy atom. The lowest BCUT2D eigenvalue weighted by Crippen LogP contribution is -2.08. The highest BCUT2D eigenvalue weighted by molar-refractivity contribution is 7.09. The van der Waals surface area contributed by atoms with Crippen molar-refractivity contribution in [2.24, 2.45) is 5.73 Å². The average molecular weight is 248 g/mol. The van der Waals surface area contributed by atoms with E-state index in [1.807, 2.05) is 36.0 Å². The molecular formula is C13H16N2OS. The third-order valence-electron chi connectivity index (χ3n) is 2.61.